The summed E-state index contributed by atoms with van der Waals surface area (Å²) in [5.41, 5.74) is 12.1. The number of aryl methyl sites for hydroxylation is 6. The minimum atomic E-state index is -0.965. The first-order valence-corrected chi connectivity index (χ1v) is 14.5. The summed E-state index contributed by atoms with van der Waals surface area (Å²) in [6.07, 6.45) is 4.30. The summed E-state index contributed by atoms with van der Waals surface area (Å²) in [6.45, 7) is 8.23. The van der Waals surface area contributed by atoms with Gasteiger partial charge in [0.2, 0.25) is 5.91 Å². The molecule has 3 aromatic rings. The van der Waals surface area contributed by atoms with Gasteiger partial charge in [0.25, 0.3) is 5.56 Å². The molecular formula is C32H43N5O6. The van der Waals surface area contributed by atoms with E-state index in [0.29, 0.717) is 56.6 Å². The van der Waals surface area contributed by atoms with Gasteiger partial charge in [0.05, 0.1) is 6.04 Å². The lowest BCUT2D eigenvalue weighted by Crippen LogP contribution is -2.42. The topological polar surface area (TPSA) is 191 Å². The number of hydrogen-bond acceptors (Lipinski definition) is 8. The first-order valence-electron chi connectivity index (χ1n) is 14.5. The number of carbonyl (C=O) groups is 2. The third-order valence-corrected chi connectivity index (χ3v) is 7.64. The second kappa shape index (κ2) is 15.3. The van der Waals surface area contributed by atoms with E-state index in [1.54, 1.807) is 30.5 Å². The van der Waals surface area contributed by atoms with Gasteiger partial charge >= 0.3 is 5.97 Å². The van der Waals surface area contributed by atoms with Crippen LogP contribution in [-0.4, -0.2) is 62.3 Å². The Morgan fingerprint density at radius 1 is 0.884 bits per heavy atom. The maximum absolute atomic E-state index is 12.5. The number of carboxylic acids is 1. The van der Waals surface area contributed by atoms with Crippen molar-refractivity contribution in [1.29, 1.82) is 0 Å². The molecule has 0 spiro atoms. The Labute approximate surface area is 251 Å². The van der Waals surface area contributed by atoms with Gasteiger partial charge in [-0.15, -0.1) is 0 Å². The summed E-state index contributed by atoms with van der Waals surface area (Å²) in [6, 6.07) is 5.03. The molecule has 0 fully saturated rings. The summed E-state index contributed by atoms with van der Waals surface area (Å²) in [5.74, 6) is -0.887. The van der Waals surface area contributed by atoms with Crippen molar-refractivity contribution in [3.63, 3.8) is 0 Å². The lowest BCUT2D eigenvalue weighted by molar-refractivity contribution is -0.139. The predicted octanol–water partition coefficient (Wildman–Crippen LogP) is 2.25. The van der Waals surface area contributed by atoms with Crippen molar-refractivity contribution in [2.24, 2.45) is 5.73 Å². The molecule has 11 nitrogen and oxygen atoms in total. The predicted molar refractivity (Wildman–Crippen MR) is 164 cm³/mol. The summed E-state index contributed by atoms with van der Waals surface area (Å²) in [7, 11) is 0. The van der Waals surface area contributed by atoms with Gasteiger partial charge < -0.3 is 36.7 Å². The summed E-state index contributed by atoms with van der Waals surface area (Å²) < 4.78 is 0. The Morgan fingerprint density at radius 2 is 1.42 bits per heavy atom. The van der Waals surface area contributed by atoms with Crippen LogP contribution in [0, 0.1) is 27.7 Å². The van der Waals surface area contributed by atoms with Crippen LogP contribution in [-0.2, 0) is 35.3 Å². The molecule has 0 saturated heterocycles. The molecule has 0 unspecified atom stereocenters. The van der Waals surface area contributed by atoms with Gasteiger partial charge in [0.15, 0.2) is 0 Å². The highest BCUT2D eigenvalue weighted by atomic mass is 16.4. The number of hydrogen-bond donors (Lipinski definition) is 7. The van der Waals surface area contributed by atoms with Gasteiger partial charge in [0.1, 0.15) is 23.2 Å². The van der Waals surface area contributed by atoms with Crippen LogP contribution in [0.15, 0.2) is 35.3 Å². The largest absolute Gasteiger partial charge is 0.508 e. The Balaban J connectivity index is 1.41. The second-order valence-electron chi connectivity index (χ2n) is 11.2. The van der Waals surface area contributed by atoms with Crippen LogP contribution >= 0.6 is 0 Å². The fraction of sp³-hybridized carbons (Fsp3) is 0.438. The van der Waals surface area contributed by atoms with E-state index in [2.05, 4.69) is 20.6 Å². The second-order valence-corrected chi connectivity index (χ2v) is 11.2. The highest BCUT2D eigenvalue weighted by Crippen LogP contribution is 2.23. The van der Waals surface area contributed by atoms with Gasteiger partial charge in [-0.05, 0) is 130 Å². The fourth-order valence-electron chi connectivity index (χ4n) is 5.27. The van der Waals surface area contributed by atoms with Crippen molar-refractivity contribution < 1.29 is 24.9 Å². The first kappa shape index (κ1) is 33.3. The molecule has 0 aliphatic heterocycles. The van der Waals surface area contributed by atoms with Gasteiger partial charge in [-0.3, -0.25) is 19.4 Å². The van der Waals surface area contributed by atoms with Crippen molar-refractivity contribution in [1.82, 2.24) is 20.6 Å². The zero-order chi connectivity index (χ0) is 31.7. The molecule has 2 aromatic carbocycles. The number of nitrogens with one attached hydrogen (secondary N) is 3. The Bertz CT molecular complexity index is 1460. The summed E-state index contributed by atoms with van der Waals surface area (Å²) in [4.78, 5) is 44.0. The van der Waals surface area contributed by atoms with Crippen LogP contribution in [0.2, 0.25) is 0 Å². The van der Waals surface area contributed by atoms with Gasteiger partial charge in [-0.25, -0.2) is 0 Å². The van der Waals surface area contributed by atoms with Crippen LogP contribution < -0.4 is 21.9 Å². The molecule has 0 saturated carbocycles. The number of H-pyrrole nitrogens is 1. The minimum absolute atomic E-state index is 0.155. The number of phenols is 2. The number of aliphatic carboxylic acids is 1. The monoisotopic (exact) mass is 593 g/mol. The molecule has 11 heteroatoms. The number of amides is 1. The number of rotatable bonds is 15. The molecule has 3 rings (SSSR count). The Kier molecular flexibility index (Phi) is 11.8. The van der Waals surface area contributed by atoms with Crippen LogP contribution in [0.3, 0.4) is 0 Å². The van der Waals surface area contributed by atoms with E-state index in [1.807, 2.05) is 27.7 Å². The SMILES string of the molecule is Cc1cc(O)cc(C)c1C[C@H](NCCCc1ncc(CCCNC(=O)[C@@H](N)Cc2c(C)cc(O)cc2C)[nH]c1=O)C(=O)O. The molecule has 43 heavy (non-hydrogen) atoms. The molecular weight excluding hydrogens is 550 g/mol. The summed E-state index contributed by atoms with van der Waals surface area (Å²) >= 11 is 0. The molecule has 0 bridgehead atoms. The normalized spacial score (nSPS) is 12.6. The molecule has 2 atom stereocenters. The molecule has 1 heterocycles. The number of aromatic amines is 1. The lowest BCUT2D eigenvalue weighted by Gasteiger charge is -2.18. The third kappa shape index (κ3) is 9.65. The number of aromatic nitrogens is 2. The van der Waals surface area contributed by atoms with E-state index in [9.17, 15) is 29.7 Å². The molecule has 0 aliphatic rings. The number of carboxylic acid groups (broad SMARTS) is 1. The Morgan fingerprint density at radius 3 is 1.95 bits per heavy atom. The number of benzene rings is 2. The van der Waals surface area contributed by atoms with Crippen LogP contribution in [0.1, 0.15) is 57.6 Å². The Hall–Kier alpha value is -4.22. The van der Waals surface area contributed by atoms with Crippen LogP contribution in [0.5, 0.6) is 11.5 Å². The standard InChI is InChI=1S/C32H43N5O6/c1-18-11-23(38)12-19(2)25(18)15-27(33)30(40)35-10-5-7-22-17-36-28(31(41)37-22)8-6-9-34-29(32(42)43)16-26-20(3)13-24(39)14-21(26)4/h11-14,17,27,29,34,38-39H,5-10,15-16,33H2,1-4H3,(H,35,40)(H,37,41)(H,42,43)/t27-,29-/m0/s1. The zero-order valence-electron chi connectivity index (χ0n) is 25.3. The highest BCUT2D eigenvalue weighted by molar-refractivity contribution is 5.81. The van der Waals surface area contributed by atoms with E-state index in [4.69, 9.17) is 5.73 Å². The van der Waals surface area contributed by atoms with Crippen molar-refractivity contribution in [3.8, 4) is 11.5 Å². The fourth-order valence-corrected chi connectivity index (χ4v) is 5.27. The minimum Gasteiger partial charge on any atom is -0.508 e. The molecule has 0 radical (unpaired) electrons. The number of carbonyl (C=O) groups excluding carboxylic acids is 1. The van der Waals surface area contributed by atoms with Gasteiger partial charge in [-0.1, -0.05) is 0 Å². The quantitative estimate of drug-likeness (QED) is 0.130. The number of phenolic OH excluding ortho intramolecular Hbond substituents is 2. The molecule has 1 amide bonds. The molecule has 232 valence electrons. The highest BCUT2D eigenvalue weighted by Gasteiger charge is 2.20. The van der Waals surface area contributed by atoms with Crippen LogP contribution in [0.4, 0.5) is 0 Å². The van der Waals surface area contributed by atoms with Gasteiger partial charge in [0, 0.05) is 18.4 Å². The van der Waals surface area contributed by atoms with Crippen molar-refractivity contribution in [3.05, 3.63) is 85.6 Å². The van der Waals surface area contributed by atoms with E-state index in [1.165, 1.54) is 0 Å². The van der Waals surface area contributed by atoms with Crippen molar-refractivity contribution in [2.45, 2.75) is 78.3 Å². The number of nitrogens with zero attached hydrogens (tertiary/aromatic N) is 1. The first-order chi connectivity index (χ1) is 20.3. The summed E-state index contributed by atoms with van der Waals surface area (Å²) in [5, 5.41) is 35.0. The maximum Gasteiger partial charge on any atom is 0.321 e. The van der Waals surface area contributed by atoms with E-state index in [-0.39, 0.29) is 29.4 Å². The lowest BCUT2D eigenvalue weighted by atomic mass is 9.96. The molecule has 1 aromatic heterocycles. The maximum atomic E-state index is 12.5. The average molecular weight is 594 g/mol. The van der Waals surface area contributed by atoms with Gasteiger partial charge in [-0.2, -0.15) is 0 Å². The van der Waals surface area contributed by atoms with Crippen molar-refractivity contribution >= 4 is 11.9 Å². The van der Waals surface area contributed by atoms with Crippen molar-refractivity contribution in [2.75, 3.05) is 13.1 Å². The number of nitrogens with two attached hydrogens (primary N) is 1. The van der Waals surface area contributed by atoms with E-state index < -0.39 is 18.1 Å². The molecule has 8 N–H and O–H groups in total. The van der Waals surface area contributed by atoms with Crippen LogP contribution in [0.25, 0.3) is 0 Å². The third-order valence-electron chi connectivity index (χ3n) is 7.64. The number of aromatic hydroxyl groups is 2. The average Bonchev–Trinajstić information content (AvgIpc) is 2.92. The van der Waals surface area contributed by atoms with E-state index in [0.717, 1.165) is 33.4 Å². The smallest absolute Gasteiger partial charge is 0.321 e. The zero-order valence-corrected chi connectivity index (χ0v) is 25.3. The molecule has 0 aliphatic carbocycles. The van der Waals surface area contributed by atoms with E-state index >= 15 is 0 Å².